The van der Waals surface area contributed by atoms with Gasteiger partial charge in [-0.2, -0.15) is 14.6 Å². The number of Topliss-reactive ketones (excluding diaryl/α,β-unsaturated/α-hetero) is 1. The molecular weight excluding hydrogens is 532 g/mol. The molecule has 39 heavy (non-hydrogen) atoms. The molecule has 0 bridgehead atoms. The summed E-state index contributed by atoms with van der Waals surface area (Å²) >= 11 is 0. The standard InChI is InChI=1S/C14H19N3OS.C10H10N2O.C4H11NOS/c1-10(16-19(18)14(2,3)4)11-7-6-8-13-12(11)9-17(5)15-13;1-7(13)8-4-3-5-10-9(8)6-12(2)11-10;1-4(2,3)7(5)6/h6-9H,1-5H3;3-6H,1-2H3;5H2,1-3H3/t19-;;7-/m0.0/s1. The molecule has 0 amide bonds. The van der Waals surface area contributed by atoms with Crippen molar-refractivity contribution in [1.29, 1.82) is 0 Å². The lowest BCUT2D eigenvalue weighted by Gasteiger charge is -2.14. The van der Waals surface area contributed by atoms with E-state index in [0.29, 0.717) is 0 Å². The number of carbonyl (C=O) groups excluding carboxylic acids is 1. The summed E-state index contributed by atoms with van der Waals surface area (Å²) < 4.78 is 29.7. The third-order valence-electron chi connectivity index (χ3n) is 5.45. The maximum atomic E-state index is 12.1. The summed E-state index contributed by atoms with van der Waals surface area (Å²) in [5, 5.41) is 15.6. The lowest BCUT2D eigenvalue weighted by molar-refractivity contribution is 0.101. The lowest BCUT2D eigenvalue weighted by atomic mass is 10.1. The zero-order chi connectivity index (χ0) is 29.7. The quantitative estimate of drug-likeness (QED) is 0.272. The van der Waals surface area contributed by atoms with Gasteiger partial charge in [0.05, 0.1) is 37.2 Å². The predicted octanol–water partition coefficient (Wildman–Crippen LogP) is 5.03. The van der Waals surface area contributed by atoms with E-state index < -0.39 is 22.0 Å². The largest absolute Gasteiger partial charge is 0.294 e. The molecule has 2 heterocycles. The third kappa shape index (κ3) is 9.01. The van der Waals surface area contributed by atoms with Crippen molar-refractivity contribution in [1.82, 2.24) is 19.6 Å². The number of carbonyl (C=O) groups is 1. The van der Waals surface area contributed by atoms with E-state index in [0.717, 1.165) is 38.6 Å². The number of aryl methyl sites for hydroxylation is 2. The van der Waals surface area contributed by atoms with Crippen LogP contribution in [0.2, 0.25) is 0 Å². The second-order valence-electron chi connectivity index (χ2n) is 11.1. The van der Waals surface area contributed by atoms with Gasteiger partial charge in [-0.25, -0.2) is 8.42 Å². The minimum Gasteiger partial charge on any atom is -0.294 e. The molecule has 0 fully saturated rings. The average molecular weight is 573 g/mol. The van der Waals surface area contributed by atoms with Gasteiger partial charge in [0.25, 0.3) is 0 Å². The Morgan fingerprint density at radius 3 is 1.59 bits per heavy atom. The number of aromatic nitrogens is 4. The number of rotatable bonds is 3. The van der Waals surface area contributed by atoms with E-state index in [1.165, 1.54) is 0 Å². The number of hydrogen-bond donors (Lipinski definition) is 1. The Morgan fingerprint density at radius 2 is 1.21 bits per heavy atom. The van der Waals surface area contributed by atoms with Crippen LogP contribution >= 0.6 is 0 Å². The number of nitrogens with zero attached hydrogens (tertiary/aromatic N) is 5. The molecule has 2 N–H and O–H groups in total. The fraction of sp³-hybridized carbons (Fsp3) is 0.429. The highest BCUT2D eigenvalue weighted by molar-refractivity contribution is 7.85. The summed E-state index contributed by atoms with van der Waals surface area (Å²) in [6, 6.07) is 11.5. The van der Waals surface area contributed by atoms with E-state index in [2.05, 4.69) is 14.6 Å². The van der Waals surface area contributed by atoms with Gasteiger partial charge in [0.2, 0.25) is 0 Å². The topological polar surface area (TPSA) is 125 Å². The fourth-order valence-corrected chi connectivity index (χ4v) is 3.88. The molecule has 0 unspecified atom stereocenters. The van der Waals surface area contributed by atoms with Gasteiger partial charge in [0.1, 0.15) is 11.0 Å². The van der Waals surface area contributed by atoms with Crippen LogP contribution in [0, 0.1) is 0 Å². The van der Waals surface area contributed by atoms with Crippen LogP contribution in [0.3, 0.4) is 0 Å². The van der Waals surface area contributed by atoms with Crippen molar-refractivity contribution in [3.63, 3.8) is 0 Å². The zero-order valence-corrected chi connectivity index (χ0v) is 26.1. The fourth-order valence-electron chi connectivity index (χ4n) is 3.26. The molecule has 2 atom stereocenters. The average Bonchev–Trinajstić information content (AvgIpc) is 3.38. The van der Waals surface area contributed by atoms with E-state index in [9.17, 15) is 13.2 Å². The summed E-state index contributed by atoms with van der Waals surface area (Å²) in [5.41, 5.74) is 4.31. The second-order valence-corrected chi connectivity index (χ2v) is 14.8. The van der Waals surface area contributed by atoms with Gasteiger partial charge in [-0.15, -0.1) is 0 Å². The Hall–Kier alpha value is -3.02. The molecule has 0 aliphatic carbocycles. The lowest BCUT2D eigenvalue weighted by Crippen LogP contribution is -2.27. The smallest absolute Gasteiger partial charge is 0.160 e. The van der Waals surface area contributed by atoms with Gasteiger partial charge < -0.3 is 0 Å². The summed E-state index contributed by atoms with van der Waals surface area (Å²) in [6.45, 7) is 14.7. The molecule has 4 aromatic rings. The molecule has 11 heteroatoms. The van der Waals surface area contributed by atoms with Crippen LogP contribution in [0.4, 0.5) is 0 Å². The minimum absolute atomic E-state index is 0.0820. The van der Waals surface area contributed by atoms with Gasteiger partial charge >= 0.3 is 0 Å². The molecule has 0 saturated heterocycles. The van der Waals surface area contributed by atoms with Crippen LogP contribution < -0.4 is 5.14 Å². The molecule has 9 nitrogen and oxygen atoms in total. The van der Waals surface area contributed by atoms with Gasteiger partial charge in [0.15, 0.2) is 5.78 Å². The van der Waals surface area contributed by atoms with Crippen molar-refractivity contribution in [3.8, 4) is 0 Å². The maximum Gasteiger partial charge on any atom is 0.160 e. The highest BCUT2D eigenvalue weighted by Gasteiger charge is 2.20. The first kappa shape index (κ1) is 32.2. The Labute approximate surface area is 236 Å². The van der Waals surface area contributed by atoms with E-state index in [1.807, 2.05) is 111 Å². The molecule has 4 rings (SSSR count). The van der Waals surface area contributed by atoms with Crippen LogP contribution in [0.15, 0.2) is 53.2 Å². The maximum absolute atomic E-state index is 12.1. The molecule has 212 valence electrons. The normalized spacial score (nSPS) is 13.8. The number of benzene rings is 2. The Kier molecular flexibility index (Phi) is 10.6. The van der Waals surface area contributed by atoms with Crippen molar-refractivity contribution >= 4 is 55.3 Å². The van der Waals surface area contributed by atoms with E-state index in [4.69, 9.17) is 5.14 Å². The summed E-state index contributed by atoms with van der Waals surface area (Å²) in [7, 11) is 1.32. The van der Waals surface area contributed by atoms with Crippen molar-refractivity contribution in [2.45, 2.75) is 64.9 Å². The summed E-state index contributed by atoms with van der Waals surface area (Å²) in [4.78, 5) is 11.2. The Balaban J connectivity index is 0.000000230. The summed E-state index contributed by atoms with van der Waals surface area (Å²) in [5.74, 6) is 0.0820. The van der Waals surface area contributed by atoms with Crippen molar-refractivity contribution < 1.29 is 13.2 Å². The summed E-state index contributed by atoms with van der Waals surface area (Å²) in [6.07, 6.45) is 3.83. The van der Waals surface area contributed by atoms with Crippen LogP contribution in [0.1, 0.15) is 71.3 Å². The molecule has 0 aliphatic heterocycles. The predicted molar refractivity (Wildman–Crippen MR) is 164 cm³/mol. The molecule has 0 radical (unpaired) electrons. The van der Waals surface area contributed by atoms with Crippen LogP contribution in [-0.2, 0) is 36.1 Å². The minimum atomic E-state index is -1.24. The van der Waals surface area contributed by atoms with Crippen LogP contribution in [0.25, 0.3) is 21.8 Å². The van der Waals surface area contributed by atoms with Crippen LogP contribution in [-0.4, -0.2) is 49.0 Å². The van der Waals surface area contributed by atoms with Gasteiger partial charge in [-0.3, -0.25) is 19.3 Å². The van der Waals surface area contributed by atoms with Crippen LogP contribution in [0.5, 0.6) is 0 Å². The number of nitrogens with two attached hydrogens (primary N) is 1. The first-order chi connectivity index (χ1) is 17.9. The monoisotopic (exact) mass is 572 g/mol. The highest BCUT2D eigenvalue weighted by Crippen LogP contribution is 2.20. The highest BCUT2D eigenvalue weighted by atomic mass is 32.2. The zero-order valence-electron chi connectivity index (χ0n) is 24.5. The first-order valence-corrected chi connectivity index (χ1v) is 14.7. The third-order valence-corrected chi connectivity index (χ3v) is 8.14. The Bertz CT molecular complexity index is 1540. The number of fused-ring (bicyclic) bond motifs is 2. The molecule has 2 aromatic heterocycles. The molecule has 0 saturated carbocycles. The molecular formula is C28H40N6O3S2. The van der Waals surface area contributed by atoms with Crippen molar-refractivity contribution in [2.75, 3.05) is 0 Å². The van der Waals surface area contributed by atoms with E-state index in [-0.39, 0.29) is 15.3 Å². The van der Waals surface area contributed by atoms with Crippen molar-refractivity contribution in [2.24, 2.45) is 23.6 Å². The van der Waals surface area contributed by atoms with Gasteiger partial charge in [-0.1, -0.05) is 24.3 Å². The van der Waals surface area contributed by atoms with E-state index >= 15 is 0 Å². The molecule has 2 aromatic carbocycles. The molecule has 0 spiro atoms. The Morgan fingerprint density at radius 1 is 0.795 bits per heavy atom. The first-order valence-electron chi connectivity index (χ1n) is 12.4. The molecule has 0 aliphatic rings. The van der Waals surface area contributed by atoms with Gasteiger partial charge in [-0.05, 0) is 67.5 Å². The number of hydrogen-bond acceptors (Lipinski definition) is 5. The number of ketones is 1. The van der Waals surface area contributed by atoms with E-state index in [1.54, 1.807) is 16.3 Å². The second kappa shape index (κ2) is 12.9. The van der Waals surface area contributed by atoms with Gasteiger partial charge in [0, 0.05) is 48.4 Å². The van der Waals surface area contributed by atoms with Crippen molar-refractivity contribution in [3.05, 3.63) is 59.9 Å². The SMILES string of the molecule is CC(=N[S@@](=O)C(C)(C)C)c1cccc2nn(C)cc12.CC(=O)c1cccc2nn(C)cc12.CC(C)(C)[S@@](N)=O.